The molecule has 0 fully saturated rings. The summed E-state index contributed by atoms with van der Waals surface area (Å²) in [7, 11) is 2.95. The predicted octanol–water partition coefficient (Wildman–Crippen LogP) is 2.04. The minimum absolute atomic E-state index is 0.148. The third kappa shape index (κ3) is 3.43. The lowest BCUT2D eigenvalue weighted by Crippen LogP contribution is -2.14. The Morgan fingerprint density at radius 1 is 1.47 bits per heavy atom. The van der Waals surface area contributed by atoms with Crippen molar-refractivity contribution in [2.75, 3.05) is 26.1 Å². The molecule has 0 saturated carbocycles. The second kappa shape index (κ2) is 5.60. The fourth-order valence-electron chi connectivity index (χ4n) is 1.02. The summed E-state index contributed by atoms with van der Waals surface area (Å²) in [6.07, 6.45) is 0. The molecule has 0 radical (unpaired) electrons. The fraction of sp³-hybridized carbons (Fsp3) is 0.300. The Morgan fingerprint density at radius 3 is 2.73 bits per heavy atom. The summed E-state index contributed by atoms with van der Waals surface area (Å²) in [4.78, 5) is 10.9. The molecule has 1 aromatic rings. The molecule has 0 amide bonds. The van der Waals surface area contributed by atoms with Crippen LogP contribution in [0, 0.1) is 0 Å². The summed E-state index contributed by atoms with van der Waals surface area (Å²) in [5, 5.41) is 2.93. The summed E-state index contributed by atoms with van der Waals surface area (Å²) in [6.45, 7) is 0.148. The maximum Gasteiger partial charge on any atom is 0.325 e. The van der Waals surface area contributed by atoms with Gasteiger partial charge >= 0.3 is 5.97 Å². The zero-order chi connectivity index (χ0) is 11.3. The van der Waals surface area contributed by atoms with Crippen molar-refractivity contribution in [2.24, 2.45) is 0 Å². The quantitative estimate of drug-likeness (QED) is 0.853. The Morgan fingerprint density at radius 2 is 2.20 bits per heavy atom. The first-order valence-corrected chi connectivity index (χ1v) is 5.11. The second-order valence-corrected chi connectivity index (χ2v) is 3.63. The van der Waals surface area contributed by atoms with Crippen molar-refractivity contribution in [1.82, 2.24) is 0 Å². The molecule has 15 heavy (non-hydrogen) atoms. The van der Waals surface area contributed by atoms with E-state index in [4.69, 9.17) is 4.74 Å². The van der Waals surface area contributed by atoms with E-state index >= 15 is 0 Å². The smallest absolute Gasteiger partial charge is 0.325 e. The Balaban J connectivity index is 2.63. The molecule has 0 atom stereocenters. The van der Waals surface area contributed by atoms with Gasteiger partial charge in [-0.25, -0.2) is 0 Å². The van der Waals surface area contributed by atoms with Crippen molar-refractivity contribution in [1.29, 1.82) is 0 Å². The van der Waals surface area contributed by atoms with Gasteiger partial charge in [-0.05, 0) is 34.1 Å². The molecule has 0 aliphatic carbocycles. The average molecular weight is 274 g/mol. The van der Waals surface area contributed by atoms with E-state index < -0.39 is 0 Å². The predicted molar refractivity (Wildman–Crippen MR) is 61.2 cm³/mol. The van der Waals surface area contributed by atoms with E-state index in [1.807, 2.05) is 18.2 Å². The van der Waals surface area contributed by atoms with E-state index in [1.165, 1.54) is 7.11 Å². The van der Waals surface area contributed by atoms with Crippen LogP contribution in [0.15, 0.2) is 22.7 Å². The fourth-order valence-corrected chi connectivity index (χ4v) is 1.56. The van der Waals surface area contributed by atoms with E-state index in [0.717, 1.165) is 15.9 Å². The molecule has 1 aromatic carbocycles. The number of carbonyl (C=O) groups excluding carboxylic acids is 1. The average Bonchev–Trinajstić information content (AvgIpc) is 2.26. The van der Waals surface area contributed by atoms with Crippen molar-refractivity contribution in [3.05, 3.63) is 22.7 Å². The number of esters is 1. The number of hydrogen-bond acceptors (Lipinski definition) is 4. The van der Waals surface area contributed by atoms with Crippen LogP contribution in [0.5, 0.6) is 5.75 Å². The van der Waals surface area contributed by atoms with Gasteiger partial charge < -0.3 is 14.8 Å². The Labute approximate surface area is 96.7 Å². The molecule has 1 N–H and O–H groups in total. The summed E-state index contributed by atoms with van der Waals surface area (Å²) >= 11 is 3.35. The van der Waals surface area contributed by atoms with Gasteiger partial charge in [0.1, 0.15) is 12.3 Å². The van der Waals surface area contributed by atoms with Gasteiger partial charge in [0, 0.05) is 5.69 Å². The first-order chi connectivity index (χ1) is 7.17. The van der Waals surface area contributed by atoms with Gasteiger partial charge in [-0.2, -0.15) is 0 Å². The highest BCUT2D eigenvalue weighted by Crippen LogP contribution is 2.27. The third-order valence-electron chi connectivity index (χ3n) is 1.82. The number of carbonyl (C=O) groups is 1. The lowest BCUT2D eigenvalue weighted by Gasteiger charge is -2.07. The first-order valence-electron chi connectivity index (χ1n) is 4.31. The second-order valence-electron chi connectivity index (χ2n) is 2.78. The number of anilines is 1. The molecule has 0 aliphatic rings. The molecule has 82 valence electrons. The van der Waals surface area contributed by atoms with Crippen molar-refractivity contribution >= 4 is 27.6 Å². The van der Waals surface area contributed by atoms with Gasteiger partial charge in [0.25, 0.3) is 0 Å². The van der Waals surface area contributed by atoms with E-state index in [0.29, 0.717) is 0 Å². The summed E-state index contributed by atoms with van der Waals surface area (Å²) < 4.78 is 10.4. The van der Waals surface area contributed by atoms with Crippen molar-refractivity contribution in [3.8, 4) is 5.75 Å². The lowest BCUT2D eigenvalue weighted by molar-refractivity contribution is -0.138. The highest BCUT2D eigenvalue weighted by atomic mass is 79.9. The van der Waals surface area contributed by atoms with Gasteiger partial charge in [-0.1, -0.05) is 0 Å². The summed E-state index contributed by atoms with van der Waals surface area (Å²) in [6, 6.07) is 5.47. The number of halogens is 1. The topological polar surface area (TPSA) is 47.6 Å². The standard InChI is InChI=1S/C10H12BrNO3/c1-14-9-4-3-7(5-8(9)11)12-6-10(13)15-2/h3-5,12H,6H2,1-2H3. The molecule has 0 aromatic heterocycles. The molecular weight excluding hydrogens is 262 g/mol. The summed E-state index contributed by atoms with van der Waals surface area (Å²) in [5.41, 5.74) is 0.827. The number of rotatable bonds is 4. The van der Waals surface area contributed by atoms with E-state index in [2.05, 4.69) is 26.0 Å². The first kappa shape index (κ1) is 11.8. The van der Waals surface area contributed by atoms with Crippen LogP contribution in [0.3, 0.4) is 0 Å². The SMILES string of the molecule is COC(=O)CNc1ccc(OC)c(Br)c1. The number of methoxy groups -OCH3 is 2. The maximum atomic E-state index is 10.9. The monoisotopic (exact) mass is 273 g/mol. The molecule has 1 rings (SSSR count). The molecule has 5 heteroatoms. The van der Waals surface area contributed by atoms with Gasteiger partial charge in [-0.3, -0.25) is 4.79 Å². The zero-order valence-corrected chi connectivity index (χ0v) is 10.1. The molecular formula is C10H12BrNO3. The van der Waals surface area contributed by atoms with Crippen LogP contribution in [0.1, 0.15) is 0 Å². The van der Waals surface area contributed by atoms with Crippen LogP contribution >= 0.6 is 15.9 Å². The van der Waals surface area contributed by atoms with Crippen LogP contribution in [0.25, 0.3) is 0 Å². The normalized spacial score (nSPS) is 9.53. The van der Waals surface area contributed by atoms with E-state index in [9.17, 15) is 4.79 Å². The molecule has 0 unspecified atom stereocenters. The van der Waals surface area contributed by atoms with Gasteiger partial charge in [0.2, 0.25) is 0 Å². The van der Waals surface area contributed by atoms with Crippen molar-refractivity contribution in [3.63, 3.8) is 0 Å². The molecule has 0 heterocycles. The molecule has 4 nitrogen and oxygen atoms in total. The molecule has 0 spiro atoms. The maximum absolute atomic E-state index is 10.9. The third-order valence-corrected chi connectivity index (χ3v) is 2.44. The molecule has 0 aliphatic heterocycles. The largest absolute Gasteiger partial charge is 0.496 e. The minimum Gasteiger partial charge on any atom is -0.496 e. The van der Waals surface area contributed by atoms with Crippen LogP contribution < -0.4 is 10.1 Å². The number of benzene rings is 1. The van der Waals surface area contributed by atoms with E-state index in [-0.39, 0.29) is 12.5 Å². The van der Waals surface area contributed by atoms with Crippen LogP contribution in [-0.2, 0) is 9.53 Å². The van der Waals surface area contributed by atoms with Crippen LogP contribution in [0.4, 0.5) is 5.69 Å². The van der Waals surface area contributed by atoms with Crippen LogP contribution in [-0.4, -0.2) is 26.7 Å². The van der Waals surface area contributed by atoms with Gasteiger partial charge in [-0.15, -0.1) is 0 Å². The number of ether oxygens (including phenoxy) is 2. The summed E-state index contributed by atoms with van der Waals surface area (Å²) in [5.74, 6) is 0.445. The van der Waals surface area contributed by atoms with E-state index in [1.54, 1.807) is 7.11 Å². The molecule has 0 bridgehead atoms. The Hall–Kier alpha value is -1.23. The van der Waals surface area contributed by atoms with Crippen molar-refractivity contribution in [2.45, 2.75) is 0 Å². The van der Waals surface area contributed by atoms with Crippen LogP contribution in [0.2, 0.25) is 0 Å². The highest BCUT2D eigenvalue weighted by Gasteiger charge is 2.03. The highest BCUT2D eigenvalue weighted by molar-refractivity contribution is 9.10. The number of hydrogen-bond donors (Lipinski definition) is 1. The van der Waals surface area contributed by atoms with Crippen molar-refractivity contribution < 1.29 is 14.3 Å². The number of nitrogens with one attached hydrogen (secondary N) is 1. The lowest BCUT2D eigenvalue weighted by atomic mass is 10.3. The van der Waals surface area contributed by atoms with Gasteiger partial charge in [0.15, 0.2) is 0 Å². The Bertz CT molecular complexity index is 355. The Kier molecular flexibility index (Phi) is 4.42. The minimum atomic E-state index is -0.304. The zero-order valence-electron chi connectivity index (χ0n) is 8.54. The molecule has 0 saturated heterocycles. The van der Waals surface area contributed by atoms with Gasteiger partial charge in [0.05, 0.1) is 18.7 Å².